The Bertz CT molecular complexity index is 2180. The third-order valence-corrected chi connectivity index (χ3v) is 10.9. The summed E-state index contributed by atoms with van der Waals surface area (Å²) in [4.78, 5) is 30.6. The Morgan fingerprint density at radius 3 is 2.25 bits per heavy atom. The van der Waals surface area contributed by atoms with Gasteiger partial charge in [-0.3, -0.25) is 4.79 Å². The Balaban J connectivity index is 1.19. The Kier molecular flexibility index (Phi) is 12.5. The van der Waals surface area contributed by atoms with E-state index in [9.17, 15) is 25.2 Å². The quantitative estimate of drug-likeness (QED) is 0.118. The van der Waals surface area contributed by atoms with Crippen molar-refractivity contribution in [3.05, 3.63) is 75.9 Å². The van der Waals surface area contributed by atoms with Crippen LogP contribution in [0.2, 0.25) is 0 Å². The van der Waals surface area contributed by atoms with Crippen molar-refractivity contribution in [2.75, 3.05) is 33.0 Å². The average molecular weight is 756 g/mol. The lowest BCUT2D eigenvalue weighted by Crippen LogP contribution is -2.59. The molecule has 0 aromatic carbocycles. The van der Waals surface area contributed by atoms with Crippen LogP contribution < -0.4 is 5.32 Å². The van der Waals surface area contributed by atoms with Gasteiger partial charge in [0.2, 0.25) is 5.91 Å². The number of allylic oxidation sites excluding steroid dienone is 4. The fraction of sp³-hybridized carbons (Fsp3) is 0.452. The van der Waals surface area contributed by atoms with Crippen LogP contribution in [0.25, 0.3) is 50.4 Å². The molecule has 3 aliphatic heterocycles. The van der Waals surface area contributed by atoms with Gasteiger partial charge in [0.05, 0.1) is 49.2 Å². The highest BCUT2D eigenvalue weighted by Crippen LogP contribution is 2.37. The van der Waals surface area contributed by atoms with E-state index in [1.165, 1.54) is 5.57 Å². The van der Waals surface area contributed by atoms with E-state index in [-0.39, 0.29) is 38.7 Å². The van der Waals surface area contributed by atoms with E-state index >= 15 is 0 Å². The van der Waals surface area contributed by atoms with Crippen molar-refractivity contribution in [1.29, 1.82) is 0 Å². The lowest BCUT2D eigenvalue weighted by molar-refractivity contribution is -0.302. The molecular formula is C42H53N5O8. The van der Waals surface area contributed by atoms with E-state index in [0.29, 0.717) is 6.42 Å². The molecule has 13 nitrogen and oxygen atoms in total. The highest BCUT2D eigenvalue weighted by atomic mass is 16.7. The molecule has 3 aromatic rings. The lowest BCUT2D eigenvalue weighted by atomic mass is 9.98. The van der Waals surface area contributed by atoms with Crippen LogP contribution in [0.15, 0.2) is 30.8 Å². The summed E-state index contributed by atoms with van der Waals surface area (Å²) < 4.78 is 16.4. The SMILES string of the molecule is C=Cc1c(C)c2cc3nc(c(C)c4cc(C)c(cc5nc(cc1[nH]2)C(C)=C5CC)[nH]4)C(CCC(=O)NCCOCCO[C@@H]1O[C@H](CO)[C@@H](O)[C@H](O)[C@H]1O)=C3C. The number of H-pyrrole nitrogens is 2. The second kappa shape index (κ2) is 17.1. The van der Waals surface area contributed by atoms with Crippen LogP contribution in [0.1, 0.15) is 85.1 Å². The summed E-state index contributed by atoms with van der Waals surface area (Å²) in [6.07, 6.45) is -3.24. The minimum Gasteiger partial charge on any atom is -0.394 e. The van der Waals surface area contributed by atoms with E-state index in [4.69, 9.17) is 24.2 Å². The Hall–Kier alpha value is -4.47. The molecule has 3 aromatic heterocycles. The van der Waals surface area contributed by atoms with Crippen LogP contribution in [-0.4, -0.2) is 110 Å². The summed E-state index contributed by atoms with van der Waals surface area (Å²) in [6.45, 7) is 16.8. The number of hydrogen-bond donors (Lipinski definition) is 7. The molecule has 0 saturated carbocycles. The summed E-state index contributed by atoms with van der Waals surface area (Å²) >= 11 is 0. The summed E-state index contributed by atoms with van der Waals surface area (Å²) in [5, 5.41) is 42.2. The zero-order valence-corrected chi connectivity index (χ0v) is 32.5. The van der Waals surface area contributed by atoms with Gasteiger partial charge < -0.3 is 49.9 Å². The molecule has 1 amide bonds. The number of aromatic nitrogens is 4. The number of ether oxygens (including phenoxy) is 3. The van der Waals surface area contributed by atoms with E-state index < -0.39 is 37.3 Å². The largest absolute Gasteiger partial charge is 0.394 e. The first-order chi connectivity index (χ1) is 26.4. The van der Waals surface area contributed by atoms with Crippen LogP contribution in [0, 0.1) is 20.8 Å². The maximum atomic E-state index is 13.1. The second-order valence-electron chi connectivity index (χ2n) is 14.4. The lowest BCUT2D eigenvalue weighted by Gasteiger charge is -2.39. The molecule has 3 aliphatic rings. The van der Waals surface area contributed by atoms with Gasteiger partial charge in [0.15, 0.2) is 6.29 Å². The predicted octanol–water partition coefficient (Wildman–Crippen LogP) is 4.88. The molecule has 0 aliphatic carbocycles. The number of aliphatic hydroxyl groups excluding tert-OH is 4. The summed E-state index contributed by atoms with van der Waals surface area (Å²) in [5.41, 5.74) is 15.9. The van der Waals surface area contributed by atoms with Crippen molar-refractivity contribution >= 4 is 56.3 Å². The first kappa shape index (κ1) is 40.2. The standard InChI is InChI=1S/C42H53N5O8/c1-8-26-23(5)32-19-35-27(9-2)22(4)31(45-35)18-33-24(6)28(38(47-33)25(7)30-16-21(3)29(44-30)17-34(26)46-32)10-11-37(49)43-12-13-53-14-15-54-42-41(52)40(51)39(50)36(20-48)55-42/h9,16-19,36,39-42,44-45,48,50-52H,2,8,10-15,20H2,1,3-7H3,(H,43,49)/t36-,39-,40+,41-,42-/m1/s1. The van der Waals surface area contributed by atoms with Gasteiger partial charge in [-0.05, 0) is 111 Å². The van der Waals surface area contributed by atoms with E-state index in [0.717, 1.165) is 90.2 Å². The minimum absolute atomic E-state index is 0.0267. The van der Waals surface area contributed by atoms with Gasteiger partial charge >= 0.3 is 0 Å². The van der Waals surface area contributed by atoms with Crippen LogP contribution >= 0.6 is 0 Å². The van der Waals surface area contributed by atoms with Crippen LogP contribution in [0.5, 0.6) is 0 Å². The molecule has 13 heteroatoms. The zero-order valence-electron chi connectivity index (χ0n) is 32.5. The number of rotatable bonds is 13. The Morgan fingerprint density at radius 1 is 0.855 bits per heavy atom. The first-order valence-electron chi connectivity index (χ1n) is 18.9. The molecule has 8 bridgehead atoms. The Labute approximate surface area is 320 Å². The maximum Gasteiger partial charge on any atom is 0.220 e. The van der Waals surface area contributed by atoms with E-state index in [1.54, 1.807) is 0 Å². The summed E-state index contributed by atoms with van der Waals surface area (Å²) in [7, 11) is 0. The van der Waals surface area contributed by atoms with Gasteiger partial charge in [-0.1, -0.05) is 19.6 Å². The number of amides is 1. The molecule has 6 heterocycles. The van der Waals surface area contributed by atoms with Crippen LogP contribution in [0.3, 0.4) is 0 Å². The molecule has 1 fully saturated rings. The normalized spacial score (nSPS) is 21.4. The van der Waals surface area contributed by atoms with Crippen LogP contribution in [-0.2, 0) is 19.0 Å². The molecule has 0 unspecified atom stereocenters. The number of carbonyl (C=O) groups is 1. The number of carbonyl (C=O) groups excluding carboxylic acids is 1. The fourth-order valence-electron chi connectivity index (χ4n) is 7.45. The molecule has 55 heavy (non-hydrogen) atoms. The van der Waals surface area contributed by atoms with Gasteiger partial charge in [0.1, 0.15) is 24.4 Å². The van der Waals surface area contributed by atoms with Crippen LogP contribution in [0.4, 0.5) is 0 Å². The summed E-state index contributed by atoms with van der Waals surface area (Å²) in [5.74, 6) is -0.124. The molecule has 6 rings (SSSR count). The van der Waals surface area contributed by atoms with Crippen molar-refractivity contribution in [3.63, 3.8) is 0 Å². The molecule has 294 valence electrons. The molecular weight excluding hydrogens is 702 g/mol. The topological polar surface area (TPSA) is 195 Å². The second-order valence-corrected chi connectivity index (χ2v) is 14.4. The first-order valence-corrected chi connectivity index (χ1v) is 18.9. The molecule has 1 saturated heterocycles. The zero-order chi connectivity index (χ0) is 39.6. The number of aromatic amines is 2. The highest BCUT2D eigenvalue weighted by molar-refractivity contribution is 5.96. The smallest absolute Gasteiger partial charge is 0.220 e. The van der Waals surface area contributed by atoms with E-state index in [2.05, 4.69) is 87.7 Å². The highest BCUT2D eigenvalue weighted by Gasteiger charge is 2.44. The fourth-order valence-corrected chi connectivity index (χ4v) is 7.45. The Morgan fingerprint density at radius 2 is 1.53 bits per heavy atom. The average Bonchev–Trinajstić information content (AvgIpc) is 3.87. The van der Waals surface area contributed by atoms with Gasteiger partial charge in [-0.15, -0.1) is 0 Å². The van der Waals surface area contributed by atoms with Gasteiger partial charge in [0, 0.05) is 40.6 Å². The van der Waals surface area contributed by atoms with Gasteiger partial charge in [-0.2, -0.15) is 0 Å². The number of aryl methyl sites for hydroxylation is 3. The minimum atomic E-state index is -1.51. The number of hydrogen-bond acceptors (Lipinski definition) is 10. The summed E-state index contributed by atoms with van der Waals surface area (Å²) in [6, 6.07) is 8.46. The molecule has 7 N–H and O–H groups in total. The van der Waals surface area contributed by atoms with E-state index in [1.807, 2.05) is 6.08 Å². The van der Waals surface area contributed by atoms with Crippen molar-refractivity contribution in [1.82, 2.24) is 25.3 Å². The number of aliphatic hydroxyl groups is 4. The third kappa shape index (κ3) is 8.24. The predicted molar refractivity (Wildman–Crippen MR) is 213 cm³/mol. The van der Waals surface area contributed by atoms with Gasteiger partial charge in [0.25, 0.3) is 0 Å². The monoisotopic (exact) mass is 755 g/mol. The molecule has 5 atom stereocenters. The third-order valence-electron chi connectivity index (χ3n) is 10.9. The van der Waals surface area contributed by atoms with Crippen molar-refractivity contribution in [2.45, 2.75) is 91.5 Å². The van der Waals surface area contributed by atoms with Crippen molar-refractivity contribution in [2.24, 2.45) is 0 Å². The molecule has 0 spiro atoms. The van der Waals surface area contributed by atoms with Gasteiger partial charge in [-0.25, -0.2) is 9.97 Å². The van der Waals surface area contributed by atoms with Crippen molar-refractivity contribution < 1.29 is 39.4 Å². The maximum absolute atomic E-state index is 13.1. The van der Waals surface area contributed by atoms with Crippen molar-refractivity contribution in [3.8, 4) is 0 Å². The molecule has 0 radical (unpaired) electrons. The number of fused-ring (bicyclic) bond motifs is 8. The number of nitrogens with one attached hydrogen (secondary N) is 3. The number of nitrogens with zero attached hydrogens (tertiary/aromatic N) is 2.